The number of fused-ring (bicyclic) bond motifs is 1. The van der Waals surface area contributed by atoms with E-state index in [0.29, 0.717) is 41.7 Å². The molecular weight excluding hydrogens is 440 g/mol. The van der Waals surface area contributed by atoms with Gasteiger partial charge in [-0.05, 0) is 63.8 Å². The molecule has 8 heteroatoms. The van der Waals surface area contributed by atoms with Gasteiger partial charge in [0, 0.05) is 42.3 Å². The first-order valence-corrected chi connectivity index (χ1v) is 12.3. The van der Waals surface area contributed by atoms with Gasteiger partial charge in [-0.15, -0.1) is 0 Å². The standard InChI is InChI=1S/C25H33ClN4O3/c1-3-30-18(2)14-21(28-30)24(32)29-12-7-11-25(17-29)10-5-4-6-13-33-22-9-8-19(26)15-20(22)23(31)27-16-25/h8-9,14-15H,3-7,10-13,16-17H2,1-2H3,(H,27,31). The lowest BCUT2D eigenvalue weighted by atomic mass is 9.75. The van der Waals surface area contributed by atoms with E-state index < -0.39 is 0 Å². The van der Waals surface area contributed by atoms with Gasteiger partial charge in [-0.25, -0.2) is 0 Å². The fourth-order valence-electron chi connectivity index (χ4n) is 5.04. The summed E-state index contributed by atoms with van der Waals surface area (Å²) in [7, 11) is 0. The number of rotatable bonds is 2. The summed E-state index contributed by atoms with van der Waals surface area (Å²) in [4.78, 5) is 28.3. The SMILES string of the molecule is CCn1nc(C(=O)N2CCCC3(CCCCCOc4ccc(Cl)cc4C(=O)NC3)C2)cc1C. The second kappa shape index (κ2) is 10.2. The molecule has 1 atom stereocenters. The van der Waals surface area contributed by atoms with Gasteiger partial charge in [-0.1, -0.05) is 24.4 Å². The number of hydrogen-bond acceptors (Lipinski definition) is 4. The molecule has 7 nitrogen and oxygen atoms in total. The summed E-state index contributed by atoms with van der Waals surface area (Å²) in [5.41, 5.74) is 1.81. The minimum absolute atomic E-state index is 0.0210. The van der Waals surface area contributed by atoms with E-state index in [1.807, 2.05) is 29.5 Å². The second-order valence-corrected chi connectivity index (χ2v) is 9.74. The number of carbonyl (C=O) groups is 2. The molecule has 33 heavy (non-hydrogen) atoms. The maximum Gasteiger partial charge on any atom is 0.274 e. The van der Waals surface area contributed by atoms with Crippen LogP contribution < -0.4 is 10.1 Å². The lowest BCUT2D eigenvalue weighted by molar-refractivity contribution is 0.0463. The fraction of sp³-hybridized carbons (Fsp3) is 0.560. The van der Waals surface area contributed by atoms with E-state index in [1.54, 1.807) is 18.2 Å². The summed E-state index contributed by atoms with van der Waals surface area (Å²) in [6, 6.07) is 7.04. The predicted octanol–water partition coefficient (Wildman–Crippen LogP) is 4.47. The van der Waals surface area contributed by atoms with Gasteiger partial charge < -0.3 is 15.0 Å². The van der Waals surface area contributed by atoms with Crippen molar-refractivity contribution in [2.45, 2.75) is 58.9 Å². The number of nitrogens with one attached hydrogen (secondary N) is 1. The molecule has 2 aromatic rings. The lowest BCUT2D eigenvalue weighted by Gasteiger charge is -2.43. The third-order valence-electron chi connectivity index (χ3n) is 6.87. The number of amides is 2. The van der Waals surface area contributed by atoms with Crippen LogP contribution in [0.2, 0.25) is 5.02 Å². The number of aryl methyl sites for hydroxylation is 2. The van der Waals surface area contributed by atoms with Gasteiger partial charge in [0.1, 0.15) is 5.75 Å². The largest absolute Gasteiger partial charge is 0.493 e. The van der Waals surface area contributed by atoms with E-state index in [1.165, 1.54) is 0 Å². The van der Waals surface area contributed by atoms with Crippen LogP contribution in [-0.2, 0) is 6.54 Å². The Hall–Kier alpha value is -2.54. The van der Waals surface area contributed by atoms with Crippen LogP contribution in [0.4, 0.5) is 0 Å². The van der Waals surface area contributed by atoms with Crippen LogP contribution in [0.3, 0.4) is 0 Å². The Bertz CT molecular complexity index is 1020. The van der Waals surface area contributed by atoms with Crippen LogP contribution in [0.15, 0.2) is 24.3 Å². The Morgan fingerprint density at radius 1 is 1.21 bits per heavy atom. The van der Waals surface area contributed by atoms with Crippen molar-refractivity contribution >= 4 is 23.4 Å². The molecule has 0 radical (unpaired) electrons. The number of benzene rings is 1. The molecule has 2 aliphatic rings. The maximum atomic E-state index is 13.3. The average Bonchev–Trinajstić information content (AvgIpc) is 3.20. The van der Waals surface area contributed by atoms with Crippen molar-refractivity contribution in [2.75, 3.05) is 26.2 Å². The topological polar surface area (TPSA) is 76.5 Å². The zero-order valence-electron chi connectivity index (χ0n) is 19.5. The normalized spacial score (nSPS) is 22.0. The van der Waals surface area contributed by atoms with Crippen molar-refractivity contribution < 1.29 is 14.3 Å². The molecule has 2 aliphatic heterocycles. The molecule has 1 aromatic heterocycles. The van der Waals surface area contributed by atoms with E-state index in [2.05, 4.69) is 10.4 Å². The van der Waals surface area contributed by atoms with E-state index in [4.69, 9.17) is 16.3 Å². The van der Waals surface area contributed by atoms with Crippen molar-refractivity contribution in [1.82, 2.24) is 20.0 Å². The molecule has 0 aliphatic carbocycles. The monoisotopic (exact) mass is 472 g/mol. The Morgan fingerprint density at radius 2 is 2.03 bits per heavy atom. The van der Waals surface area contributed by atoms with E-state index >= 15 is 0 Å². The highest BCUT2D eigenvalue weighted by atomic mass is 35.5. The highest BCUT2D eigenvalue weighted by Crippen LogP contribution is 2.36. The smallest absolute Gasteiger partial charge is 0.274 e. The van der Waals surface area contributed by atoms with Gasteiger partial charge in [0.05, 0.1) is 12.2 Å². The summed E-state index contributed by atoms with van der Waals surface area (Å²) in [5, 5.41) is 8.13. The number of hydrogen-bond donors (Lipinski definition) is 1. The Morgan fingerprint density at radius 3 is 2.82 bits per heavy atom. The van der Waals surface area contributed by atoms with Crippen molar-refractivity contribution in [3.05, 3.63) is 46.2 Å². The Labute approximate surface area is 200 Å². The molecule has 3 heterocycles. The second-order valence-electron chi connectivity index (χ2n) is 9.30. The fourth-order valence-corrected chi connectivity index (χ4v) is 5.22. The van der Waals surface area contributed by atoms with E-state index in [0.717, 1.165) is 57.3 Å². The van der Waals surface area contributed by atoms with Gasteiger partial charge in [0.25, 0.3) is 11.8 Å². The molecule has 1 fully saturated rings. The number of piperidine rings is 1. The van der Waals surface area contributed by atoms with Crippen molar-refractivity contribution in [2.24, 2.45) is 5.41 Å². The molecular formula is C25H33ClN4O3. The number of ether oxygens (including phenoxy) is 1. The average molecular weight is 473 g/mol. The predicted molar refractivity (Wildman–Crippen MR) is 128 cm³/mol. The molecule has 1 spiro atoms. The summed E-state index contributed by atoms with van der Waals surface area (Å²) >= 11 is 6.16. The molecule has 1 unspecified atom stereocenters. The summed E-state index contributed by atoms with van der Waals surface area (Å²) < 4.78 is 7.71. The summed E-state index contributed by atoms with van der Waals surface area (Å²) in [6.45, 7) is 7.17. The maximum absolute atomic E-state index is 13.3. The van der Waals surface area contributed by atoms with Gasteiger partial charge in [0.15, 0.2) is 5.69 Å². The van der Waals surface area contributed by atoms with Crippen molar-refractivity contribution in [3.63, 3.8) is 0 Å². The lowest BCUT2D eigenvalue weighted by Crippen LogP contribution is -2.51. The minimum Gasteiger partial charge on any atom is -0.493 e. The number of likely N-dealkylation sites (tertiary alicyclic amines) is 1. The van der Waals surface area contributed by atoms with Gasteiger partial charge in [-0.2, -0.15) is 5.10 Å². The molecule has 1 aromatic carbocycles. The molecule has 0 bridgehead atoms. The first-order valence-electron chi connectivity index (χ1n) is 11.9. The number of aromatic nitrogens is 2. The zero-order valence-corrected chi connectivity index (χ0v) is 20.3. The Kier molecular flexibility index (Phi) is 7.27. The molecule has 178 valence electrons. The Balaban J connectivity index is 1.54. The van der Waals surface area contributed by atoms with Gasteiger partial charge in [-0.3, -0.25) is 14.3 Å². The highest BCUT2D eigenvalue weighted by Gasteiger charge is 2.38. The van der Waals surface area contributed by atoms with Crippen LogP contribution in [0.5, 0.6) is 5.75 Å². The first-order chi connectivity index (χ1) is 15.9. The van der Waals surface area contributed by atoms with Gasteiger partial charge in [0.2, 0.25) is 0 Å². The van der Waals surface area contributed by atoms with E-state index in [9.17, 15) is 9.59 Å². The van der Waals surface area contributed by atoms with Crippen LogP contribution in [-0.4, -0.2) is 52.7 Å². The number of nitrogens with zero attached hydrogens (tertiary/aromatic N) is 3. The van der Waals surface area contributed by atoms with Crippen LogP contribution >= 0.6 is 11.6 Å². The van der Waals surface area contributed by atoms with Crippen LogP contribution in [0.1, 0.15) is 72.0 Å². The zero-order chi connectivity index (χ0) is 23.4. The summed E-state index contributed by atoms with van der Waals surface area (Å²) in [5.74, 6) is 0.356. The number of halogens is 1. The van der Waals surface area contributed by atoms with Crippen LogP contribution in [0, 0.1) is 12.3 Å². The third kappa shape index (κ3) is 5.35. The molecule has 1 saturated heterocycles. The molecule has 2 amide bonds. The molecule has 0 saturated carbocycles. The minimum atomic E-state index is -0.187. The van der Waals surface area contributed by atoms with Gasteiger partial charge >= 0.3 is 0 Å². The first kappa shape index (κ1) is 23.6. The quantitative estimate of drug-likeness (QED) is 0.699. The van der Waals surface area contributed by atoms with E-state index in [-0.39, 0.29) is 17.2 Å². The summed E-state index contributed by atoms with van der Waals surface area (Å²) in [6.07, 6.45) is 5.88. The highest BCUT2D eigenvalue weighted by molar-refractivity contribution is 6.31. The van der Waals surface area contributed by atoms with Crippen molar-refractivity contribution in [3.8, 4) is 5.75 Å². The third-order valence-corrected chi connectivity index (χ3v) is 7.10. The molecule has 1 N–H and O–H groups in total. The van der Waals surface area contributed by atoms with Crippen molar-refractivity contribution in [1.29, 1.82) is 0 Å². The number of carbonyl (C=O) groups excluding carboxylic acids is 2. The molecule has 4 rings (SSSR count). The van der Waals surface area contributed by atoms with Crippen LogP contribution in [0.25, 0.3) is 0 Å².